The molecule has 2 N–H and O–H groups in total. The molecule has 19 heavy (non-hydrogen) atoms. The molecule has 0 saturated heterocycles. The van der Waals surface area contributed by atoms with E-state index in [1.807, 2.05) is 50.2 Å². The summed E-state index contributed by atoms with van der Waals surface area (Å²) < 4.78 is 0. The van der Waals surface area contributed by atoms with Crippen molar-refractivity contribution < 1.29 is 5.11 Å². The molecule has 0 spiro atoms. The third kappa shape index (κ3) is 3.16. The van der Waals surface area contributed by atoms with Crippen molar-refractivity contribution in [2.75, 3.05) is 24.3 Å². The number of nitrogens with one attached hydrogen (secondary N) is 1. The normalized spacial score (nSPS) is 10.3. The fourth-order valence-corrected chi connectivity index (χ4v) is 1.94. The highest BCUT2D eigenvalue weighted by Gasteiger charge is 2.06. The molecule has 1 aromatic carbocycles. The lowest BCUT2D eigenvalue weighted by Gasteiger charge is -2.17. The van der Waals surface area contributed by atoms with Crippen LogP contribution in [0.5, 0.6) is 5.75 Å². The maximum Gasteiger partial charge on any atom is 0.151 e. The Bertz CT molecular complexity index is 567. The molecule has 0 fully saturated rings. The highest BCUT2D eigenvalue weighted by Crippen LogP contribution is 2.23. The number of rotatable bonds is 4. The molecule has 1 aromatic heterocycles. The minimum absolute atomic E-state index is 0.313. The van der Waals surface area contributed by atoms with Gasteiger partial charge in [0.05, 0.1) is 5.69 Å². The molecule has 1 heterocycles. The number of hydrogen-bond donors (Lipinski definition) is 2. The largest absolute Gasteiger partial charge is 0.508 e. The molecule has 0 aliphatic heterocycles. The van der Waals surface area contributed by atoms with Crippen LogP contribution in [0.4, 0.5) is 11.5 Å². The molecule has 0 bridgehead atoms. The van der Waals surface area contributed by atoms with Gasteiger partial charge >= 0.3 is 0 Å². The Labute approximate surface area is 113 Å². The van der Waals surface area contributed by atoms with Gasteiger partial charge in [-0.25, -0.2) is 4.98 Å². The van der Waals surface area contributed by atoms with Crippen LogP contribution in [0.1, 0.15) is 11.1 Å². The lowest BCUT2D eigenvalue weighted by molar-refractivity contribution is 0.469. The van der Waals surface area contributed by atoms with E-state index in [9.17, 15) is 5.11 Å². The number of nitrogens with zero attached hydrogens (tertiary/aromatic N) is 2. The maximum atomic E-state index is 9.83. The second-order valence-corrected chi connectivity index (χ2v) is 4.75. The van der Waals surface area contributed by atoms with Gasteiger partial charge in [0.1, 0.15) is 5.75 Å². The highest BCUT2D eigenvalue weighted by molar-refractivity contribution is 5.64. The molecule has 4 nitrogen and oxygen atoms in total. The van der Waals surface area contributed by atoms with Gasteiger partial charge in [0, 0.05) is 32.4 Å². The van der Waals surface area contributed by atoms with Crippen LogP contribution in [0, 0.1) is 6.92 Å². The SMILES string of the molecule is Cc1ccc(O)c(CNc2cccnc2N(C)C)c1. The number of benzene rings is 1. The molecular formula is C15H19N3O. The minimum atomic E-state index is 0.313. The van der Waals surface area contributed by atoms with Gasteiger partial charge in [-0.2, -0.15) is 0 Å². The summed E-state index contributed by atoms with van der Waals surface area (Å²) in [5, 5.41) is 13.1. The molecule has 0 atom stereocenters. The van der Waals surface area contributed by atoms with E-state index in [2.05, 4.69) is 10.3 Å². The van der Waals surface area contributed by atoms with Gasteiger partial charge in [0.25, 0.3) is 0 Å². The molecule has 2 rings (SSSR count). The quantitative estimate of drug-likeness (QED) is 0.884. The first kappa shape index (κ1) is 13.2. The second-order valence-electron chi connectivity index (χ2n) is 4.75. The first-order chi connectivity index (χ1) is 9.08. The highest BCUT2D eigenvalue weighted by atomic mass is 16.3. The van der Waals surface area contributed by atoms with E-state index in [0.717, 1.165) is 22.6 Å². The number of phenolic OH excluding ortho intramolecular Hbond substituents is 1. The molecule has 0 unspecified atom stereocenters. The number of aromatic hydroxyl groups is 1. The van der Waals surface area contributed by atoms with E-state index >= 15 is 0 Å². The summed E-state index contributed by atoms with van der Waals surface area (Å²) in [5.74, 6) is 1.20. The van der Waals surface area contributed by atoms with Crippen molar-refractivity contribution in [3.8, 4) is 5.75 Å². The van der Waals surface area contributed by atoms with Gasteiger partial charge in [-0.3, -0.25) is 0 Å². The average molecular weight is 257 g/mol. The van der Waals surface area contributed by atoms with Crippen LogP contribution >= 0.6 is 0 Å². The van der Waals surface area contributed by atoms with Crippen LogP contribution in [-0.4, -0.2) is 24.2 Å². The van der Waals surface area contributed by atoms with Crippen LogP contribution in [0.2, 0.25) is 0 Å². The van der Waals surface area contributed by atoms with Gasteiger partial charge in [-0.05, 0) is 25.1 Å². The molecular weight excluding hydrogens is 238 g/mol. The monoisotopic (exact) mass is 257 g/mol. The zero-order valence-corrected chi connectivity index (χ0v) is 11.5. The lowest BCUT2D eigenvalue weighted by atomic mass is 10.1. The summed E-state index contributed by atoms with van der Waals surface area (Å²) in [6.07, 6.45) is 1.77. The summed E-state index contributed by atoms with van der Waals surface area (Å²) in [6, 6.07) is 9.48. The summed E-state index contributed by atoms with van der Waals surface area (Å²) in [7, 11) is 3.91. The van der Waals surface area contributed by atoms with Gasteiger partial charge < -0.3 is 15.3 Å². The Balaban J connectivity index is 2.17. The zero-order chi connectivity index (χ0) is 13.8. The van der Waals surface area contributed by atoms with E-state index < -0.39 is 0 Å². The van der Waals surface area contributed by atoms with Crippen LogP contribution < -0.4 is 10.2 Å². The molecule has 0 aliphatic carbocycles. The molecule has 0 amide bonds. The summed E-state index contributed by atoms with van der Waals surface area (Å²) in [4.78, 5) is 6.29. The molecule has 0 aliphatic rings. The summed E-state index contributed by atoms with van der Waals surface area (Å²) in [5.41, 5.74) is 2.97. The predicted octanol–water partition coefficient (Wildman–Crippen LogP) is 2.77. The van der Waals surface area contributed by atoms with E-state index in [-0.39, 0.29) is 0 Å². The Morgan fingerprint density at radius 2 is 2.05 bits per heavy atom. The van der Waals surface area contributed by atoms with Crippen molar-refractivity contribution in [3.05, 3.63) is 47.7 Å². The van der Waals surface area contributed by atoms with E-state index in [1.165, 1.54) is 0 Å². The van der Waals surface area contributed by atoms with Crippen molar-refractivity contribution in [2.45, 2.75) is 13.5 Å². The van der Waals surface area contributed by atoms with Gasteiger partial charge in [-0.15, -0.1) is 0 Å². The third-order valence-corrected chi connectivity index (χ3v) is 2.91. The maximum absolute atomic E-state index is 9.83. The molecule has 100 valence electrons. The molecule has 0 radical (unpaired) electrons. The Hall–Kier alpha value is -2.23. The first-order valence-corrected chi connectivity index (χ1v) is 6.22. The Morgan fingerprint density at radius 1 is 1.26 bits per heavy atom. The van der Waals surface area contributed by atoms with Crippen molar-refractivity contribution >= 4 is 11.5 Å². The van der Waals surface area contributed by atoms with E-state index in [0.29, 0.717) is 12.3 Å². The van der Waals surface area contributed by atoms with Gasteiger partial charge in [0.15, 0.2) is 5.82 Å². The number of anilines is 2. The number of phenols is 1. The Morgan fingerprint density at radius 3 is 2.79 bits per heavy atom. The first-order valence-electron chi connectivity index (χ1n) is 6.22. The topological polar surface area (TPSA) is 48.4 Å². The number of aryl methyl sites for hydroxylation is 1. The van der Waals surface area contributed by atoms with E-state index in [4.69, 9.17) is 0 Å². The fourth-order valence-electron chi connectivity index (χ4n) is 1.94. The van der Waals surface area contributed by atoms with E-state index in [1.54, 1.807) is 12.3 Å². The minimum Gasteiger partial charge on any atom is -0.508 e. The van der Waals surface area contributed by atoms with Gasteiger partial charge in [0.2, 0.25) is 0 Å². The van der Waals surface area contributed by atoms with Crippen LogP contribution in [0.15, 0.2) is 36.5 Å². The second kappa shape index (κ2) is 5.61. The molecule has 4 heteroatoms. The van der Waals surface area contributed by atoms with Crippen LogP contribution in [0.25, 0.3) is 0 Å². The van der Waals surface area contributed by atoms with Crippen molar-refractivity contribution in [2.24, 2.45) is 0 Å². The smallest absolute Gasteiger partial charge is 0.151 e. The van der Waals surface area contributed by atoms with Crippen LogP contribution in [0.3, 0.4) is 0 Å². The van der Waals surface area contributed by atoms with Crippen molar-refractivity contribution in [1.82, 2.24) is 4.98 Å². The number of pyridine rings is 1. The lowest BCUT2D eigenvalue weighted by Crippen LogP contribution is -2.13. The summed E-state index contributed by atoms with van der Waals surface area (Å²) in [6.45, 7) is 2.58. The molecule has 2 aromatic rings. The zero-order valence-electron chi connectivity index (χ0n) is 11.5. The number of aromatic nitrogens is 1. The fraction of sp³-hybridized carbons (Fsp3) is 0.267. The van der Waals surface area contributed by atoms with Crippen molar-refractivity contribution in [1.29, 1.82) is 0 Å². The standard InChI is InChI=1S/C15H19N3O/c1-11-6-7-14(19)12(9-11)10-17-13-5-4-8-16-15(13)18(2)3/h4-9,17,19H,10H2,1-3H3. The third-order valence-electron chi connectivity index (χ3n) is 2.91. The average Bonchev–Trinajstić information content (AvgIpc) is 2.40. The van der Waals surface area contributed by atoms with Crippen LogP contribution in [-0.2, 0) is 6.54 Å². The molecule has 0 saturated carbocycles. The number of hydrogen-bond acceptors (Lipinski definition) is 4. The predicted molar refractivity (Wildman–Crippen MR) is 78.7 cm³/mol. The Kier molecular flexibility index (Phi) is 3.90. The van der Waals surface area contributed by atoms with Crippen molar-refractivity contribution in [3.63, 3.8) is 0 Å². The van der Waals surface area contributed by atoms with Gasteiger partial charge in [-0.1, -0.05) is 17.7 Å². The summed E-state index contributed by atoms with van der Waals surface area (Å²) >= 11 is 0.